The van der Waals surface area contributed by atoms with E-state index in [-0.39, 0.29) is 5.75 Å². The molecule has 0 bridgehead atoms. The molecule has 1 aliphatic heterocycles. The summed E-state index contributed by atoms with van der Waals surface area (Å²) in [5.41, 5.74) is 2.00. The summed E-state index contributed by atoms with van der Waals surface area (Å²) in [6.45, 7) is 2.78. The molecule has 1 aliphatic rings. The first-order chi connectivity index (χ1) is 13.0. The molecule has 2 aromatic rings. The third-order valence-electron chi connectivity index (χ3n) is 3.88. The summed E-state index contributed by atoms with van der Waals surface area (Å²) in [5.74, 6) is -0.504. The Morgan fingerprint density at radius 3 is 2.81 bits per heavy atom. The third kappa shape index (κ3) is 4.38. The SMILES string of the molecule is CCCOc1cnc(CN/C=C2/C(=O)NC(=O)c3ccc(I)cc32)cc1O. The first kappa shape index (κ1) is 19.2. The smallest absolute Gasteiger partial charge is 0.260 e. The molecule has 8 heteroatoms. The van der Waals surface area contributed by atoms with E-state index in [0.29, 0.717) is 41.3 Å². The van der Waals surface area contributed by atoms with Crippen LogP contribution < -0.4 is 15.4 Å². The fraction of sp³-hybridized carbons (Fsp3) is 0.211. The molecule has 0 radical (unpaired) electrons. The van der Waals surface area contributed by atoms with Gasteiger partial charge in [-0.15, -0.1) is 0 Å². The standard InChI is InChI=1S/C19H18IN3O4/c1-2-5-27-17-10-22-12(7-16(17)24)8-21-9-15-14-6-11(20)3-4-13(14)18(25)23-19(15)26/h3-4,6-7,9-10,21H,2,5,8H2,1H3,(H,22,24)(H,23,25,26)/b15-9+. The van der Waals surface area contributed by atoms with Gasteiger partial charge in [-0.1, -0.05) is 6.92 Å². The van der Waals surface area contributed by atoms with Gasteiger partial charge in [-0.3, -0.25) is 19.9 Å². The maximum absolute atomic E-state index is 12.2. The average Bonchev–Trinajstić information content (AvgIpc) is 2.63. The summed E-state index contributed by atoms with van der Waals surface area (Å²) in [7, 11) is 0. The van der Waals surface area contributed by atoms with Crippen molar-refractivity contribution in [1.29, 1.82) is 0 Å². The fourth-order valence-corrected chi connectivity index (χ4v) is 3.08. The van der Waals surface area contributed by atoms with E-state index >= 15 is 0 Å². The highest BCUT2D eigenvalue weighted by Gasteiger charge is 2.27. The van der Waals surface area contributed by atoms with Crippen molar-refractivity contribution >= 4 is 40.0 Å². The van der Waals surface area contributed by atoms with Crippen LogP contribution in [0.5, 0.6) is 11.5 Å². The lowest BCUT2D eigenvalue weighted by Gasteiger charge is -2.18. The minimum Gasteiger partial charge on any atom is -0.504 e. The lowest BCUT2D eigenvalue weighted by molar-refractivity contribution is -0.114. The van der Waals surface area contributed by atoms with E-state index in [4.69, 9.17) is 4.74 Å². The number of aromatic hydroxyl groups is 1. The van der Waals surface area contributed by atoms with Crippen LogP contribution >= 0.6 is 22.6 Å². The van der Waals surface area contributed by atoms with Crippen molar-refractivity contribution < 1.29 is 19.4 Å². The lowest BCUT2D eigenvalue weighted by Crippen LogP contribution is -2.37. The van der Waals surface area contributed by atoms with Gasteiger partial charge in [0.15, 0.2) is 11.5 Å². The van der Waals surface area contributed by atoms with Crippen molar-refractivity contribution in [3.8, 4) is 11.5 Å². The van der Waals surface area contributed by atoms with Gasteiger partial charge in [0, 0.05) is 27.0 Å². The molecule has 0 saturated heterocycles. The van der Waals surface area contributed by atoms with E-state index in [1.54, 1.807) is 18.3 Å². The summed E-state index contributed by atoms with van der Waals surface area (Å²) in [4.78, 5) is 28.4. The van der Waals surface area contributed by atoms with Gasteiger partial charge in [-0.25, -0.2) is 0 Å². The Bertz CT molecular complexity index is 927. The number of rotatable bonds is 6. The second-order valence-electron chi connectivity index (χ2n) is 5.90. The summed E-state index contributed by atoms with van der Waals surface area (Å²) < 4.78 is 6.31. The van der Waals surface area contributed by atoms with Crippen molar-refractivity contribution in [3.05, 3.63) is 57.1 Å². The van der Waals surface area contributed by atoms with E-state index in [0.717, 1.165) is 9.99 Å². The number of pyridine rings is 1. The maximum Gasteiger partial charge on any atom is 0.260 e. The molecule has 1 aromatic heterocycles. The Morgan fingerprint density at radius 2 is 2.07 bits per heavy atom. The molecule has 2 amide bonds. The summed E-state index contributed by atoms with van der Waals surface area (Å²) in [6.07, 6.45) is 3.86. The van der Waals surface area contributed by atoms with Gasteiger partial charge in [-0.2, -0.15) is 0 Å². The predicted octanol–water partition coefficient (Wildman–Crippen LogP) is 2.58. The van der Waals surface area contributed by atoms with E-state index in [9.17, 15) is 14.7 Å². The first-order valence-corrected chi connectivity index (χ1v) is 9.47. The predicted molar refractivity (Wildman–Crippen MR) is 108 cm³/mol. The molecular formula is C19H18IN3O4. The first-order valence-electron chi connectivity index (χ1n) is 8.39. The number of nitrogens with zero attached hydrogens (tertiary/aromatic N) is 1. The Morgan fingerprint density at radius 1 is 1.26 bits per heavy atom. The van der Waals surface area contributed by atoms with Crippen LogP contribution in [0.2, 0.25) is 0 Å². The van der Waals surface area contributed by atoms with Crippen LogP contribution in [0.1, 0.15) is 35.0 Å². The molecule has 140 valence electrons. The van der Waals surface area contributed by atoms with Gasteiger partial charge in [0.25, 0.3) is 11.8 Å². The van der Waals surface area contributed by atoms with Crippen LogP contribution in [0, 0.1) is 3.57 Å². The Balaban J connectivity index is 1.76. The second kappa shape index (κ2) is 8.38. The number of aromatic nitrogens is 1. The van der Waals surface area contributed by atoms with Gasteiger partial charge >= 0.3 is 0 Å². The summed E-state index contributed by atoms with van der Waals surface area (Å²) >= 11 is 2.13. The molecule has 0 fully saturated rings. The minimum absolute atomic E-state index is 0.0174. The van der Waals surface area contributed by atoms with E-state index in [1.807, 2.05) is 13.0 Å². The van der Waals surface area contributed by atoms with Gasteiger partial charge in [0.05, 0.1) is 30.6 Å². The number of nitrogens with one attached hydrogen (secondary N) is 2. The fourth-order valence-electron chi connectivity index (χ4n) is 2.59. The molecule has 3 rings (SSSR count). The molecule has 0 saturated carbocycles. The number of halogens is 1. The highest BCUT2D eigenvalue weighted by Crippen LogP contribution is 2.26. The molecule has 0 atom stereocenters. The lowest BCUT2D eigenvalue weighted by atomic mass is 9.96. The molecule has 3 N–H and O–H groups in total. The van der Waals surface area contributed by atoms with Crippen molar-refractivity contribution in [3.63, 3.8) is 0 Å². The van der Waals surface area contributed by atoms with Gasteiger partial charge in [0.2, 0.25) is 0 Å². The van der Waals surface area contributed by atoms with Crippen LogP contribution in [-0.2, 0) is 11.3 Å². The Labute approximate surface area is 170 Å². The molecule has 0 spiro atoms. The van der Waals surface area contributed by atoms with E-state index in [2.05, 4.69) is 38.2 Å². The van der Waals surface area contributed by atoms with Crippen LogP contribution in [0.15, 0.2) is 36.7 Å². The van der Waals surface area contributed by atoms with Crippen molar-refractivity contribution in [2.75, 3.05) is 6.61 Å². The number of imide groups is 1. The molecule has 27 heavy (non-hydrogen) atoms. The highest BCUT2D eigenvalue weighted by molar-refractivity contribution is 14.1. The molecule has 1 aromatic carbocycles. The van der Waals surface area contributed by atoms with Crippen LogP contribution in [0.3, 0.4) is 0 Å². The van der Waals surface area contributed by atoms with Crippen LogP contribution in [0.4, 0.5) is 0 Å². The maximum atomic E-state index is 12.2. The topological polar surface area (TPSA) is 101 Å². The number of amides is 2. The Hall–Kier alpha value is -2.62. The molecule has 0 aliphatic carbocycles. The quantitative estimate of drug-likeness (QED) is 0.335. The monoisotopic (exact) mass is 479 g/mol. The number of ether oxygens (including phenoxy) is 1. The van der Waals surface area contributed by atoms with Gasteiger partial charge in [0.1, 0.15) is 0 Å². The number of carbonyl (C=O) groups excluding carboxylic acids is 2. The minimum atomic E-state index is -0.457. The zero-order chi connectivity index (χ0) is 19.4. The number of hydrogen-bond donors (Lipinski definition) is 3. The van der Waals surface area contributed by atoms with Crippen LogP contribution in [-0.4, -0.2) is 28.5 Å². The summed E-state index contributed by atoms with van der Waals surface area (Å²) in [5, 5.41) is 15.3. The van der Waals surface area contributed by atoms with Crippen molar-refractivity contribution in [1.82, 2.24) is 15.6 Å². The number of carbonyl (C=O) groups is 2. The molecule has 7 nitrogen and oxygen atoms in total. The van der Waals surface area contributed by atoms with E-state index in [1.165, 1.54) is 12.3 Å². The average molecular weight is 479 g/mol. The number of fused-ring (bicyclic) bond motifs is 1. The number of hydrogen-bond acceptors (Lipinski definition) is 6. The molecule has 2 heterocycles. The summed E-state index contributed by atoms with van der Waals surface area (Å²) in [6, 6.07) is 6.82. The van der Waals surface area contributed by atoms with E-state index < -0.39 is 11.8 Å². The third-order valence-corrected chi connectivity index (χ3v) is 4.55. The van der Waals surface area contributed by atoms with Gasteiger partial charge in [-0.05, 0) is 47.2 Å². The molecule has 0 unspecified atom stereocenters. The number of benzene rings is 1. The zero-order valence-electron chi connectivity index (χ0n) is 14.6. The normalized spacial score (nSPS) is 14.7. The highest BCUT2D eigenvalue weighted by atomic mass is 127. The second-order valence-corrected chi connectivity index (χ2v) is 7.15. The van der Waals surface area contributed by atoms with Crippen LogP contribution in [0.25, 0.3) is 5.57 Å². The van der Waals surface area contributed by atoms with Gasteiger partial charge < -0.3 is 15.2 Å². The van der Waals surface area contributed by atoms with Crippen molar-refractivity contribution in [2.45, 2.75) is 19.9 Å². The zero-order valence-corrected chi connectivity index (χ0v) is 16.7. The van der Waals surface area contributed by atoms with Crippen molar-refractivity contribution in [2.24, 2.45) is 0 Å². The Kier molecular flexibility index (Phi) is 5.94. The largest absolute Gasteiger partial charge is 0.504 e. The molecular weight excluding hydrogens is 461 g/mol.